The first kappa shape index (κ1) is 12.1. The first-order chi connectivity index (χ1) is 8.27. The molecule has 0 unspecified atom stereocenters. The molecule has 17 heavy (non-hydrogen) atoms. The van der Waals surface area contributed by atoms with E-state index in [4.69, 9.17) is 4.74 Å². The maximum Gasteiger partial charge on any atom is 0.360 e. The van der Waals surface area contributed by atoms with Gasteiger partial charge in [0.1, 0.15) is 0 Å². The molecule has 5 heteroatoms. The second-order valence-corrected chi connectivity index (χ2v) is 4.51. The predicted molar refractivity (Wildman–Crippen MR) is 62.9 cm³/mol. The molecule has 0 aromatic carbocycles. The Morgan fingerprint density at radius 1 is 1.47 bits per heavy atom. The number of esters is 1. The maximum absolute atomic E-state index is 11.6. The Hall–Kier alpha value is -1.39. The van der Waals surface area contributed by atoms with Gasteiger partial charge in [-0.2, -0.15) is 0 Å². The standard InChI is InChI=1S/C12H19N3O2/c1-3-6-10-11(12(16)17-2)13-14-15(10)9-7-4-5-8-9/h9H,3-8H2,1-2H3. The average Bonchev–Trinajstić information content (AvgIpc) is 2.96. The SMILES string of the molecule is CCCc1c(C(=O)OC)nnn1C1CCCC1. The molecule has 0 atom stereocenters. The third-order valence-electron chi connectivity index (χ3n) is 3.33. The van der Waals surface area contributed by atoms with Gasteiger partial charge in [-0.15, -0.1) is 5.10 Å². The highest BCUT2D eigenvalue weighted by molar-refractivity contribution is 5.88. The summed E-state index contributed by atoms with van der Waals surface area (Å²) in [6.07, 6.45) is 6.56. The van der Waals surface area contributed by atoms with E-state index in [0.29, 0.717) is 11.7 Å². The summed E-state index contributed by atoms with van der Waals surface area (Å²) in [6.45, 7) is 2.09. The van der Waals surface area contributed by atoms with Gasteiger partial charge in [-0.05, 0) is 19.3 Å². The molecule has 0 radical (unpaired) electrons. The molecule has 1 aromatic heterocycles. The van der Waals surface area contributed by atoms with Crippen LogP contribution in [0.2, 0.25) is 0 Å². The van der Waals surface area contributed by atoms with Crippen LogP contribution in [-0.2, 0) is 11.2 Å². The fraction of sp³-hybridized carbons (Fsp3) is 0.750. The van der Waals surface area contributed by atoms with Crippen molar-refractivity contribution >= 4 is 5.97 Å². The lowest BCUT2D eigenvalue weighted by molar-refractivity contribution is 0.0592. The summed E-state index contributed by atoms with van der Waals surface area (Å²) in [4.78, 5) is 11.6. The van der Waals surface area contributed by atoms with Crippen LogP contribution in [0.15, 0.2) is 0 Å². The lowest BCUT2D eigenvalue weighted by Crippen LogP contribution is -2.13. The van der Waals surface area contributed by atoms with Crippen LogP contribution < -0.4 is 0 Å². The molecule has 0 bridgehead atoms. The van der Waals surface area contributed by atoms with Gasteiger partial charge in [-0.1, -0.05) is 31.4 Å². The molecule has 1 heterocycles. The van der Waals surface area contributed by atoms with Crippen molar-refractivity contribution in [1.82, 2.24) is 15.0 Å². The second kappa shape index (κ2) is 5.29. The molecular weight excluding hydrogens is 218 g/mol. The first-order valence-corrected chi connectivity index (χ1v) is 6.30. The van der Waals surface area contributed by atoms with E-state index in [1.807, 2.05) is 4.68 Å². The Morgan fingerprint density at radius 2 is 2.18 bits per heavy atom. The highest BCUT2D eigenvalue weighted by atomic mass is 16.5. The Kier molecular flexibility index (Phi) is 3.76. The quantitative estimate of drug-likeness (QED) is 0.753. The van der Waals surface area contributed by atoms with Crippen LogP contribution in [-0.4, -0.2) is 28.1 Å². The molecule has 1 aliphatic rings. The number of rotatable bonds is 4. The highest BCUT2D eigenvalue weighted by Crippen LogP contribution is 2.30. The Balaban J connectivity index is 2.31. The van der Waals surface area contributed by atoms with Crippen LogP contribution in [0, 0.1) is 0 Å². The molecule has 0 N–H and O–H groups in total. The molecule has 0 spiro atoms. The zero-order valence-electron chi connectivity index (χ0n) is 10.5. The zero-order valence-corrected chi connectivity index (χ0v) is 10.5. The van der Waals surface area contributed by atoms with Crippen LogP contribution in [0.4, 0.5) is 0 Å². The van der Waals surface area contributed by atoms with Crippen molar-refractivity contribution < 1.29 is 9.53 Å². The zero-order chi connectivity index (χ0) is 12.3. The number of methoxy groups -OCH3 is 1. The summed E-state index contributed by atoms with van der Waals surface area (Å²) in [5, 5.41) is 8.14. The van der Waals surface area contributed by atoms with Crippen molar-refractivity contribution in [3.05, 3.63) is 11.4 Å². The van der Waals surface area contributed by atoms with Gasteiger partial charge in [-0.25, -0.2) is 9.48 Å². The molecule has 0 amide bonds. The van der Waals surface area contributed by atoms with Gasteiger partial charge in [0.05, 0.1) is 18.8 Å². The summed E-state index contributed by atoms with van der Waals surface area (Å²) in [5.41, 5.74) is 1.33. The van der Waals surface area contributed by atoms with E-state index in [9.17, 15) is 4.79 Å². The highest BCUT2D eigenvalue weighted by Gasteiger charge is 2.25. The number of nitrogens with zero attached hydrogens (tertiary/aromatic N) is 3. The molecule has 5 nitrogen and oxygen atoms in total. The van der Waals surface area contributed by atoms with Crippen LogP contribution in [0.25, 0.3) is 0 Å². The molecule has 0 aliphatic heterocycles. The van der Waals surface area contributed by atoms with Gasteiger partial charge in [-0.3, -0.25) is 0 Å². The fourth-order valence-corrected chi connectivity index (χ4v) is 2.48. The minimum Gasteiger partial charge on any atom is -0.464 e. The lowest BCUT2D eigenvalue weighted by atomic mass is 10.1. The number of ether oxygens (including phenoxy) is 1. The van der Waals surface area contributed by atoms with Gasteiger partial charge >= 0.3 is 5.97 Å². The summed E-state index contributed by atoms with van der Waals surface area (Å²) in [7, 11) is 1.38. The van der Waals surface area contributed by atoms with Gasteiger partial charge in [0.15, 0.2) is 5.69 Å². The summed E-state index contributed by atoms with van der Waals surface area (Å²) < 4.78 is 6.69. The Bertz CT molecular complexity index is 394. The lowest BCUT2D eigenvalue weighted by Gasteiger charge is -2.12. The third kappa shape index (κ3) is 2.33. The largest absolute Gasteiger partial charge is 0.464 e. The van der Waals surface area contributed by atoms with E-state index in [1.165, 1.54) is 20.0 Å². The molecule has 1 aromatic rings. The molecule has 94 valence electrons. The fourth-order valence-electron chi connectivity index (χ4n) is 2.48. The molecule has 1 saturated carbocycles. The minimum absolute atomic E-state index is 0.377. The second-order valence-electron chi connectivity index (χ2n) is 4.51. The summed E-state index contributed by atoms with van der Waals surface area (Å²) >= 11 is 0. The first-order valence-electron chi connectivity index (χ1n) is 6.30. The number of hydrogen-bond acceptors (Lipinski definition) is 4. The molecule has 0 saturated heterocycles. The van der Waals surface area contributed by atoms with E-state index in [2.05, 4.69) is 17.2 Å². The van der Waals surface area contributed by atoms with E-state index in [-0.39, 0.29) is 5.97 Å². The topological polar surface area (TPSA) is 57.0 Å². The monoisotopic (exact) mass is 237 g/mol. The molecular formula is C12H19N3O2. The van der Waals surface area contributed by atoms with Gasteiger partial charge < -0.3 is 4.74 Å². The van der Waals surface area contributed by atoms with Crippen molar-refractivity contribution in [1.29, 1.82) is 0 Å². The third-order valence-corrected chi connectivity index (χ3v) is 3.33. The normalized spacial score (nSPS) is 16.4. The van der Waals surface area contributed by atoms with E-state index < -0.39 is 0 Å². The van der Waals surface area contributed by atoms with Crippen LogP contribution >= 0.6 is 0 Å². The summed E-state index contributed by atoms with van der Waals surface area (Å²) in [5.74, 6) is -0.377. The van der Waals surface area contributed by atoms with E-state index in [0.717, 1.165) is 31.4 Å². The van der Waals surface area contributed by atoms with Crippen molar-refractivity contribution in [3.8, 4) is 0 Å². The molecule has 1 aliphatic carbocycles. The van der Waals surface area contributed by atoms with Crippen molar-refractivity contribution in [2.45, 2.75) is 51.5 Å². The maximum atomic E-state index is 11.6. The molecule has 2 rings (SSSR count). The summed E-state index contributed by atoms with van der Waals surface area (Å²) in [6, 6.07) is 0.419. The van der Waals surface area contributed by atoms with Gasteiger partial charge in [0.25, 0.3) is 0 Å². The van der Waals surface area contributed by atoms with Gasteiger partial charge in [0.2, 0.25) is 0 Å². The Morgan fingerprint density at radius 3 is 2.76 bits per heavy atom. The van der Waals surface area contributed by atoms with Crippen molar-refractivity contribution in [2.24, 2.45) is 0 Å². The average molecular weight is 237 g/mol. The number of hydrogen-bond donors (Lipinski definition) is 0. The van der Waals surface area contributed by atoms with Crippen molar-refractivity contribution in [2.75, 3.05) is 7.11 Å². The van der Waals surface area contributed by atoms with Crippen LogP contribution in [0.5, 0.6) is 0 Å². The van der Waals surface area contributed by atoms with Crippen molar-refractivity contribution in [3.63, 3.8) is 0 Å². The van der Waals surface area contributed by atoms with E-state index in [1.54, 1.807) is 0 Å². The van der Waals surface area contributed by atoms with Crippen LogP contribution in [0.3, 0.4) is 0 Å². The van der Waals surface area contributed by atoms with E-state index >= 15 is 0 Å². The van der Waals surface area contributed by atoms with Gasteiger partial charge in [0, 0.05) is 0 Å². The smallest absolute Gasteiger partial charge is 0.360 e. The predicted octanol–water partition coefficient (Wildman–Crippen LogP) is 2.13. The number of aromatic nitrogens is 3. The number of carbonyl (C=O) groups is 1. The number of carbonyl (C=O) groups excluding carboxylic acids is 1. The Labute approximate surface area is 101 Å². The molecule has 1 fully saturated rings. The minimum atomic E-state index is -0.377. The van der Waals surface area contributed by atoms with Crippen LogP contribution in [0.1, 0.15) is 61.3 Å².